The average molecular weight is 560 g/mol. The molecule has 3 aromatic carbocycles. The van der Waals surface area contributed by atoms with Crippen molar-refractivity contribution >= 4 is 40.5 Å². The topological polar surface area (TPSA) is 112 Å². The molecule has 0 fully saturated rings. The van der Waals surface area contributed by atoms with Crippen LogP contribution in [0, 0.1) is 24.4 Å². The molecule has 0 aliphatic carbocycles. The molecular weight excluding hydrogens is 535 g/mol. The number of methoxy groups -OCH3 is 1. The Morgan fingerprint density at radius 3 is 2.51 bits per heavy atom. The van der Waals surface area contributed by atoms with Gasteiger partial charge >= 0.3 is 0 Å². The number of carbonyl (C=O) groups excluding carboxylic acids is 1. The Kier molecular flexibility index (Phi) is 7.38. The number of halogens is 3. The smallest absolute Gasteiger partial charge is 0.219 e. The van der Waals surface area contributed by atoms with Crippen LogP contribution in [-0.4, -0.2) is 39.1 Å². The highest BCUT2D eigenvalue weighted by Gasteiger charge is 2.29. The van der Waals surface area contributed by atoms with Gasteiger partial charge in [0.15, 0.2) is 17.2 Å². The summed E-state index contributed by atoms with van der Waals surface area (Å²) >= 11 is 0. The maximum absolute atomic E-state index is 15.2. The Balaban J connectivity index is 1.76. The maximum atomic E-state index is 15.2. The number of nitrogens with two attached hydrogens (primary N) is 1. The zero-order valence-corrected chi connectivity index (χ0v) is 22.2. The summed E-state index contributed by atoms with van der Waals surface area (Å²) in [5.74, 6) is -3.02. The highest BCUT2D eigenvalue weighted by atomic mass is 19.2. The van der Waals surface area contributed by atoms with Gasteiger partial charge in [0, 0.05) is 16.8 Å². The third kappa shape index (κ3) is 4.84. The molecule has 0 saturated carbocycles. The van der Waals surface area contributed by atoms with Crippen molar-refractivity contribution < 1.29 is 22.7 Å². The summed E-state index contributed by atoms with van der Waals surface area (Å²) in [6, 6.07) is 14.8. The molecule has 0 saturated heterocycles. The maximum Gasteiger partial charge on any atom is 0.219 e. The Morgan fingerprint density at radius 2 is 1.80 bits per heavy atom. The molecule has 0 aliphatic rings. The first-order valence-electron chi connectivity index (χ1n) is 12.4. The first-order chi connectivity index (χ1) is 19.8. The largest absolute Gasteiger partial charge is 0.494 e. The SMILES string of the molecule is COc1ccc(-c2nn(C(C)C(=Nc3cccc(F)c3C)N(C=O)c3ccccc3)c3ncnc(N)c23)c(F)c1F. The summed E-state index contributed by atoms with van der Waals surface area (Å²) in [6.07, 6.45) is 1.79. The van der Waals surface area contributed by atoms with Crippen LogP contribution in [0.3, 0.4) is 0 Å². The Bertz CT molecular complexity index is 1790. The first-order valence-corrected chi connectivity index (χ1v) is 12.4. The third-order valence-corrected chi connectivity index (χ3v) is 6.64. The molecule has 1 unspecified atom stereocenters. The molecule has 5 aromatic rings. The predicted octanol–water partition coefficient (Wildman–Crippen LogP) is 5.76. The van der Waals surface area contributed by atoms with Gasteiger partial charge in [0.25, 0.3) is 0 Å². The number of nitrogen functional groups attached to an aromatic ring is 1. The van der Waals surface area contributed by atoms with Gasteiger partial charge in [-0.1, -0.05) is 24.3 Å². The highest BCUT2D eigenvalue weighted by molar-refractivity contribution is 6.13. The van der Waals surface area contributed by atoms with Crippen molar-refractivity contribution in [2.24, 2.45) is 4.99 Å². The number of hydrogen-bond donors (Lipinski definition) is 1. The molecule has 41 heavy (non-hydrogen) atoms. The van der Waals surface area contributed by atoms with E-state index in [-0.39, 0.29) is 50.9 Å². The third-order valence-electron chi connectivity index (χ3n) is 6.64. The molecular formula is C29H24F3N7O2. The van der Waals surface area contributed by atoms with Gasteiger partial charge in [-0.15, -0.1) is 0 Å². The second-order valence-electron chi connectivity index (χ2n) is 9.03. The number of hydrogen-bond acceptors (Lipinski definition) is 7. The van der Waals surface area contributed by atoms with Crippen LogP contribution in [0.5, 0.6) is 5.75 Å². The van der Waals surface area contributed by atoms with E-state index in [0.717, 1.165) is 0 Å². The number of aliphatic imine (C=N–C) groups is 1. The molecule has 0 spiro atoms. The van der Waals surface area contributed by atoms with E-state index in [2.05, 4.69) is 15.1 Å². The molecule has 1 atom stereocenters. The number of carbonyl (C=O) groups is 1. The van der Waals surface area contributed by atoms with Crippen LogP contribution in [0.25, 0.3) is 22.3 Å². The van der Waals surface area contributed by atoms with E-state index in [9.17, 15) is 13.6 Å². The Morgan fingerprint density at radius 1 is 1.05 bits per heavy atom. The number of amides is 1. The molecule has 0 aliphatic heterocycles. The van der Waals surface area contributed by atoms with E-state index in [0.29, 0.717) is 12.1 Å². The highest BCUT2D eigenvalue weighted by Crippen LogP contribution is 2.36. The van der Waals surface area contributed by atoms with Crippen LogP contribution >= 0.6 is 0 Å². The van der Waals surface area contributed by atoms with E-state index >= 15 is 4.39 Å². The monoisotopic (exact) mass is 559 g/mol. The summed E-state index contributed by atoms with van der Waals surface area (Å²) in [7, 11) is 1.22. The molecule has 1 amide bonds. The lowest BCUT2D eigenvalue weighted by molar-refractivity contribution is -0.106. The fraction of sp³-hybridized carbons (Fsp3) is 0.138. The van der Waals surface area contributed by atoms with E-state index in [1.807, 2.05) is 0 Å². The van der Waals surface area contributed by atoms with Gasteiger partial charge in [-0.2, -0.15) is 9.49 Å². The minimum Gasteiger partial charge on any atom is -0.494 e. The number of anilines is 2. The molecule has 5 rings (SSSR count). The molecule has 9 nitrogen and oxygen atoms in total. The average Bonchev–Trinajstić information content (AvgIpc) is 3.37. The molecule has 2 heterocycles. The van der Waals surface area contributed by atoms with E-state index in [4.69, 9.17) is 15.5 Å². The minimum absolute atomic E-state index is 0.0196. The van der Waals surface area contributed by atoms with Crippen molar-refractivity contribution in [2.45, 2.75) is 19.9 Å². The van der Waals surface area contributed by atoms with Gasteiger partial charge in [0.1, 0.15) is 35.5 Å². The number of amidine groups is 1. The number of rotatable bonds is 7. The van der Waals surface area contributed by atoms with Gasteiger partial charge in [-0.3, -0.25) is 9.69 Å². The molecule has 0 radical (unpaired) electrons. The number of para-hydroxylation sites is 1. The quantitative estimate of drug-likeness (QED) is 0.154. The van der Waals surface area contributed by atoms with Crippen LogP contribution in [0.15, 0.2) is 72.0 Å². The van der Waals surface area contributed by atoms with Gasteiger partial charge in [-0.25, -0.2) is 28.4 Å². The number of benzene rings is 3. The normalized spacial score (nSPS) is 12.4. The predicted molar refractivity (Wildman–Crippen MR) is 150 cm³/mol. The van der Waals surface area contributed by atoms with Gasteiger partial charge in [-0.05, 0) is 50.2 Å². The molecule has 12 heteroatoms. The van der Waals surface area contributed by atoms with Crippen molar-refractivity contribution in [1.82, 2.24) is 19.7 Å². The Labute approximate surface area is 232 Å². The number of fused-ring (bicyclic) bond motifs is 1. The number of nitrogens with zero attached hydrogens (tertiary/aromatic N) is 6. The number of aromatic nitrogens is 4. The van der Waals surface area contributed by atoms with Crippen molar-refractivity contribution in [2.75, 3.05) is 17.7 Å². The lowest BCUT2D eigenvalue weighted by atomic mass is 10.1. The summed E-state index contributed by atoms with van der Waals surface area (Å²) in [4.78, 5) is 26.8. The summed E-state index contributed by atoms with van der Waals surface area (Å²) < 4.78 is 50.7. The fourth-order valence-electron chi connectivity index (χ4n) is 4.46. The first kappa shape index (κ1) is 27.3. The van der Waals surface area contributed by atoms with Crippen molar-refractivity contribution in [3.63, 3.8) is 0 Å². The van der Waals surface area contributed by atoms with E-state index in [1.165, 1.54) is 47.3 Å². The molecule has 2 N–H and O–H groups in total. The van der Waals surface area contributed by atoms with Gasteiger partial charge in [0.2, 0.25) is 12.2 Å². The Hall–Kier alpha value is -5.26. The summed E-state index contributed by atoms with van der Waals surface area (Å²) in [5, 5.41) is 4.75. The van der Waals surface area contributed by atoms with E-state index in [1.54, 1.807) is 50.2 Å². The van der Waals surface area contributed by atoms with Crippen LogP contribution in [0.4, 0.5) is 30.4 Å². The number of ether oxygens (including phenoxy) is 1. The van der Waals surface area contributed by atoms with Crippen molar-refractivity contribution in [1.29, 1.82) is 0 Å². The molecule has 0 bridgehead atoms. The lowest BCUT2D eigenvalue weighted by Gasteiger charge is -2.25. The van der Waals surface area contributed by atoms with Gasteiger partial charge in [0.05, 0.1) is 18.2 Å². The van der Waals surface area contributed by atoms with Crippen LogP contribution in [0.2, 0.25) is 0 Å². The summed E-state index contributed by atoms with van der Waals surface area (Å²) in [6.45, 7) is 3.26. The lowest BCUT2D eigenvalue weighted by Crippen LogP contribution is -2.36. The minimum atomic E-state index is -1.20. The zero-order chi connectivity index (χ0) is 29.3. The molecule has 2 aromatic heterocycles. The van der Waals surface area contributed by atoms with Crippen LogP contribution in [0.1, 0.15) is 18.5 Å². The zero-order valence-electron chi connectivity index (χ0n) is 22.2. The van der Waals surface area contributed by atoms with E-state index < -0.39 is 23.5 Å². The second kappa shape index (κ2) is 11.1. The summed E-state index contributed by atoms with van der Waals surface area (Å²) in [5.41, 5.74) is 7.17. The molecule has 208 valence electrons. The standard InChI is InChI=1S/C29H24F3N7O2/c1-16-20(30)10-7-11-21(16)36-28(38(15-40)18-8-5-4-6-9-18)17(2)39-29-23(27(33)34-14-35-29)26(37-39)19-12-13-22(41-3)25(32)24(19)31/h4-15,17H,1-3H3,(H2,33,34,35). The van der Waals surface area contributed by atoms with Gasteiger partial charge < -0.3 is 10.5 Å². The van der Waals surface area contributed by atoms with Crippen molar-refractivity contribution in [3.05, 3.63) is 90.0 Å². The van der Waals surface area contributed by atoms with Crippen LogP contribution in [-0.2, 0) is 4.79 Å². The second-order valence-corrected chi connectivity index (χ2v) is 9.03. The fourth-order valence-corrected chi connectivity index (χ4v) is 4.46. The van der Waals surface area contributed by atoms with Crippen LogP contribution < -0.4 is 15.4 Å². The van der Waals surface area contributed by atoms with Crippen molar-refractivity contribution in [3.8, 4) is 17.0 Å².